The second-order valence-corrected chi connectivity index (χ2v) is 8.51. The Morgan fingerprint density at radius 2 is 1.90 bits per heavy atom. The zero-order valence-corrected chi connectivity index (χ0v) is 17.8. The molecule has 4 nitrogen and oxygen atoms in total. The molecule has 1 N–H and O–H groups in total. The largest absolute Gasteiger partial charge is 0.416 e. The van der Waals surface area contributed by atoms with Crippen LogP contribution in [0, 0.1) is 5.92 Å². The van der Waals surface area contributed by atoms with Crippen molar-refractivity contribution in [1.29, 1.82) is 0 Å². The van der Waals surface area contributed by atoms with Crippen LogP contribution in [0.1, 0.15) is 31.4 Å². The number of piperazine rings is 1. The van der Waals surface area contributed by atoms with E-state index in [9.17, 15) is 18.0 Å². The molecule has 2 aromatic carbocycles. The summed E-state index contributed by atoms with van der Waals surface area (Å²) in [6.45, 7) is 6.01. The molecule has 2 heterocycles. The average molecular weight is 432 g/mol. The first kappa shape index (κ1) is 21.5. The van der Waals surface area contributed by atoms with Gasteiger partial charge in [0, 0.05) is 37.1 Å². The summed E-state index contributed by atoms with van der Waals surface area (Å²) in [4.78, 5) is 17.6. The van der Waals surface area contributed by atoms with Crippen molar-refractivity contribution in [3.63, 3.8) is 0 Å². The molecule has 2 aliphatic heterocycles. The number of para-hydroxylation sites is 1. The van der Waals surface area contributed by atoms with Crippen molar-refractivity contribution in [1.82, 2.24) is 5.32 Å². The van der Waals surface area contributed by atoms with Gasteiger partial charge in [-0.2, -0.15) is 13.2 Å². The van der Waals surface area contributed by atoms with Gasteiger partial charge in [0.1, 0.15) is 0 Å². The Morgan fingerprint density at radius 1 is 1.16 bits per heavy atom. The van der Waals surface area contributed by atoms with Gasteiger partial charge in [0.2, 0.25) is 5.91 Å². The lowest BCUT2D eigenvalue weighted by atomic mass is 9.82. The maximum atomic E-state index is 13.3. The van der Waals surface area contributed by atoms with Crippen LogP contribution < -0.4 is 15.1 Å². The Morgan fingerprint density at radius 3 is 2.58 bits per heavy atom. The quantitative estimate of drug-likeness (QED) is 0.775. The van der Waals surface area contributed by atoms with Gasteiger partial charge in [-0.15, -0.1) is 0 Å². The normalized spacial score (nSPS) is 21.8. The lowest BCUT2D eigenvalue weighted by Crippen LogP contribution is -2.61. The number of fused-ring (bicyclic) bond motifs is 3. The highest BCUT2D eigenvalue weighted by Crippen LogP contribution is 2.40. The lowest BCUT2D eigenvalue weighted by Gasteiger charge is -2.50. The molecule has 7 heteroatoms. The van der Waals surface area contributed by atoms with Crippen LogP contribution in [-0.4, -0.2) is 37.6 Å². The number of hydrogen-bond acceptors (Lipinski definition) is 3. The fourth-order valence-electron chi connectivity index (χ4n) is 4.62. The van der Waals surface area contributed by atoms with Crippen LogP contribution in [-0.2, 0) is 17.4 Å². The summed E-state index contributed by atoms with van der Waals surface area (Å²) in [5.41, 5.74) is 1.86. The number of amides is 1. The molecule has 2 aliphatic rings. The first-order chi connectivity index (χ1) is 14.8. The van der Waals surface area contributed by atoms with E-state index in [0.717, 1.165) is 30.4 Å². The van der Waals surface area contributed by atoms with Crippen molar-refractivity contribution >= 4 is 17.3 Å². The average Bonchev–Trinajstić information content (AvgIpc) is 2.77. The van der Waals surface area contributed by atoms with Crippen molar-refractivity contribution in [3.05, 3.63) is 59.7 Å². The van der Waals surface area contributed by atoms with E-state index >= 15 is 0 Å². The molecule has 3 atom stereocenters. The molecular formula is C24H28F3N3O. The standard InChI is InChI=1S/C24H28F3N3O/c1-3-16(2)28-23(31)20-14-17-13-18(24(25,26)27)9-10-21(17)30-12-11-29(15-22(20)30)19-7-5-4-6-8-19/h4-10,13,16,20,22H,3,11-12,14-15H2,1-2H3,(H,28,31)/t16-,20-,22+/m1/s1. The summed E-state index contributed by atoms with van der Waals surface area (Å²) < 4.78 is 39.9. The Hall–Kier alpha value is -2.70. The van der Waals surface area contributed by atoms with Crippen LogP contribution >= 0.6 is 0 Å². The Kier molecular flexibility index (Phi) is 5.86. The number of benzene rings is 2. The van der Waals surface area contributed by atoms with Crippen LogP contribution in [0.2, 0.25) is 0 Å². The van der Waals surface area contributed by atoms with Crippen LogP contribution in [0.25, 0.3) is 0 Å². The molecule has 2 aromatic rings. The molecule has 31 heavy (non-hydrogen) atoms. The third kappa shape index (κ3) is 4.36. The highest BCUT2D eigenvalue weighted by molar-refractivity contribution is 5.82. The number of halogens is 3. The summed E-state index contributed by atoms with van der Waals surface area (Å²) in [6, 6.07) is 13.9. The van der Waals surface area contributed by atoms with Gasteiger partial charge < -0.3 is 15.1 Å². The van der Waals surface area contributed by atoms with Gasteiger partial charge in [-0.1, -0.05) is 25.1 Å². The summed E-state index contributed by atoms with van der Waals surface area (Å²) >= 11 is 0. The molecule has 1 fully saturated rings. The summed E-state index contributed by atoms with van der Waals surface area (Å²) in [5.74, 6) is -0.487. The van der Waals surface area contributed by atoms with E-state index in [-0.39, 0.29) is 18.0 Å². The summed E-state index contributed by atoms with van der Waals surface area (Å²) in [5, 5.41) is 3.06. The number of nitrogens with one attached hydrogen (secondary N) is 1. The van der Waals surface area contributed by atoms with Crippen LogP contribution in [0.15, 0.2) is 48.5 Å². The molecule has 0 aromatic heterocycles. The van der Waals surface area contributed by atoms with Gasteiger partial charge in [-0.3, -0.25) is 4.79 Å². The summed E-state index contributed by atoms with van der Waals surface area (Å²) in [6.07, 6.45) is -3.28. The van der Waals surface area contributed by atoms with E-state index in [1.54, 1.807) is 6.07 Å². The minimum Gasteiger partial charge on any atom is -0.368 e. The van der Waals surface area contributed by atoms with Gasteiger partial charge in [-0.05, 0) is 55.7 Å². The summed E-state index contributed by atoms with van der Waals surface area (Å²) in [7, 11) is 0. The number of rotatable bonds is 4. The number of carbonyl (C=O) groups is 1. The molecule has 166 valence electrons. The van der Waals surface area contributed by atoms with Gasteiger partial charge in [0.25, 0.3) is 0 Å². The zero-order chi connectivity index (χ0) is 22.2. The molecule has 1 amide bonds. The van der Waals surface area contributed by atoms with E-state index in [1.807, 2.05) is 32.0 Å². The van der Waals surface area contributed by atoms with E-state index < -0.39 is 17.7 Å². The van der Waals surface area contributed by atoms with E-state index in [0.29, 0.717) is 25.1 Å². The molecule has 0 aliphatic carbocycles. The van der Waals surface area contributed by atoms with E-state index in [1.165, 1.54) is 6.07 Å². The minimum absolute atomic E-state index is 0.0256. The molecule has 1 saturated heterocycles. The fourth-order valence-corrected chi connectivity index (χ4v) is 4.62. The van der Waals surface area contributed by atoms with Crippen LogP contribution in [0.3, 0.4) is 0 Å². The smallest absolute Gasteiger partial charge is 0.368 e. The highest BCUT2D eigenvalue weighted by atomic mass is 19.4. The molecule has 0 saturated carbocycles. The molecule has 0 spiro atoms. The van der Waals surface area contributed by atoms with Gasteiger partial charge >= 0.3 is 6.18 Å². The molecule has 4 rings (SSSR count). The third-order valence-electron chi connectivity index (χ3n) is 6.50. The van der Waals surface area contributed by atoms with Gasteiger partial charge in [-0.25, -0.2) is 0 Å². The van der Waals surface area contributed by atoms with E-state index in [2.05, 4.69) is 27.2 Å². The Bertz CT molecular complexity index is 931. The maximum Gasteiger partial charge on any atom is 0.416 e. The van der Waals surface area contributed by atoms with Crippen molar-refractivity contribution in [2.75, 3.05) is 29.4 Å². The number of nitrogens with zero attached hydrogens (tertiary/aromatic N) is 2. The maximum absolute atomic E-state index is 13.3. The fraction of sp³-hybridized carbons (Fsp3) is 0.458. The predicted molar refractivity (Wildman–Crippen MR) is 116 cm³/mol. The van der Waals surface area contributed by atoms with Gasteiger partial charge in [0.15, 0.2) is 0 Å². The van der Waals surface area contributed by atoms with Crippen LogP contribution in [0.5, 0.6) is 0 Å². The van der Waals surface area contributed by atoms with Crippen molar-refractivity contribution < 1.29 is 18.0 Å². The number of hydrogen-bond donors (Lipinski definition) is 1. The Balaban J connectivity index is 1.68. The zero-order valence-electron chi connectivity index (χ0n) is 17.8. The first-order valence-corrected chi connectivity index (χ1v) is 10.8. The lowest BCUT2D eigenvalue weighted by molar-refractivity contribution is -0.137. The van der Waals surface area contributed by atoms with E-state index in [4.69, 9.17) is 0 Å². The Labute approximate surface area is 181 Å². The number of alkyl halides is 3. The first-order valence-electron chi connectivity index (χ1n) is 10.8. The minimum atomic E-state index is -4.40. The second-order valence-electron chi connectivity index (χ2n) is 8.51. The molecule has 0 bridgehead atoms. The second kappa shape index (κ2) is 8.44. The van der Waals surface area contributed by atoms with Crippen molar-refractivity contribution in [2.45, 2.75) is 44.9 Å². The number of carbonyl (C=O) groups excluding carboxylic acids is 1. The topological polar surface area (TPSA) is 35.6 Å². The monoisotopic (exact) mass is 431 g/mol. The highest BCUT2D eigenvalue weighted by Gasteiger charge is 2.43. The SMILES string of the molecule is CC[C@@H](C)NC(=O)[C@@H]1Cc2cc(C(F)(F)F)ccc2N2CCN(c3ccccc3)C[C@@H]12. The molecule has 0 radical (unpaired) electrons. The molecular weight excluding hydrogens is 403 g/mol. The number of anilines is 2. The van der Waals surface area contributed by atoms with Gasteiger partial charge in [0.05, 0.1) is 17.5 Å². The van der Waals surface area contributed by atoms with Crippen molar-refractivity contribution in [2.24, 2.45) is 5.92 Å². The van der Waals surface area contributed by atoms with Crippen molar-refractivity contribution in [3.8, 4) is 0 Å². The predicted octanol–water partition coefficient (Wildman–Crippen LogP) is 4.49. The third-order valence-corrected chi connectivity index (χ3v) is 6.50. The van der Waals surface area contributed by atoms with Crippen LogP contribution in [0.4, 0.5) is 24.5 Å². The molecule has 0 unspecified atom stereocenters.